The molecule has 1 aliphatic rings. The number of carbonyl (C=O) groups excluding carboxylic acids is 2. The fraction of sp³-hybridized carbons (Fsp3) is 0.375. The first-order valence-electron chi connectivity index (χ1n) is 11.2. The molecule has 3 aromatic rings. The van der Waals surface area contributed by atoms with Crippen LogP contribution in [0.4, 0.5) is 10.8 Å². The summed E-state index contributed by atoms with van der Waals surface area (Å²) in [5.74, 6) is 0.271. The van der Waals surface area contributed by atoms with E-state index < -0.39 is 0 Å². The molecule has 0 aliphatic carbocycles. The molecular formula is C24H28N4O4S. The number of ether oxygens (including phenoxy) is 2. The van der Waals surface area contributed by atoms with E-state index in [9.17, 15) is 9.59 Å². The summed E-state index contributed by atoms with van der Waals surface area (Å²) in [7, 11) is 0. The zero-order chi connectivity index (χ0) is 23.0. The second-order valence-corrected chi connectivity index (χ2v) is 8.62. The Labute approximate surface area is 196 Å². The van der Waals surface area contributed by atoms with Gasteiger partial charge in [-0.05, 0) is 43.7 Å². The van der Waals surface area contributed by atoms with Crippen molar-refractivity contribution in [3.63, 3.8) is 0 Å². The van der Waals surface area contributed by atoms with Gasteiger partial charge in [0.05, 0.1) is 35.6 Å². The lowest BCUT2D eigenvalue weighted by Gasteiger charge is -2.25. The van der Waals surface area contributed by atoms with Gasteiger partial charge in [-0.15, -0.1) is 0 Å². The minimum Gasteiger partial charge on any atom is -0.493 e. The number of amides is 2. The summed E-state index contributed by atoms with van der Waals surface area (Å²) in [6, 6.07) is 12.9. The Morgan fingerprint density at radius 3 is 2.82 bits per heavy atom. The summed E-state index contributed by atoms with van der Waals surface area (Å²) in [5.41, 5.74) is 2.17. The SMILES string of the molecule is CCOc1ccccc1C(=O)NCCCC(=O)Nc1ccc2nc(N3CCOCC3)sc2c1. The molecule has 9 heteroatoms. The third-order valence-corrected chi connectivity index (χ3v) is 6.32. The van der Waals surface area contributed by atoms with Crippen LogP contribution in [-0.2, 0) is 9.53 Å². The van der Waals surface area contributed by atoms with Gasteiger partial charge in [-0.3, -0.25) is 9.59 Å². The molecule has 0 bridgehead atoms. The van der Waals surface area contributed by atoms with Crippen molar-refractivity contribution in [2.24, 2.45) is 0 Å². The molecule has 1 fully saturated rings. The summed E-state index contributed by atoms with van der Waals surface area (Å²) in [5, 5.41) is 6.78. The summed E-state index contributed by atoms with van der Waals surface area (Å²) < 4.78 is 11.9. The highest BCUT2D eigenvalue weighted by Gasteiger charge is 2.16. The van der Waals surface area contributed by atoms with Crippen molar-refractivity contribution in [3.8, 4) is 5.75 Å². The number of hydrogen-bond donors (Lipinski definition) is 2. The van der Waals surface area contributed by atoms with Gasteiger partial charge in [-0.2, -0.15) is 0 Å². The molecule has 0 spiro atoms. The third-order valence-electron chi connectivity index (χ3n) is 5.24. The quantitative estimate of drug-likeness (QED) is 0.466. The molecule has 174 valence electrons. The Hall–Kier alpha value is -3.17. The van der Waals surface area contributed by atoms with Crippen LogP contribution < -0.4 is 20.3 Å². The maximum atomic E-state index is 12.4. The molecule has 2 heterocycles. The number of nitrogens with one attached hydrogen (secondary N) is 2. The number of benzene rings is 2. The van der Waals surface area contributed by atoms with Crippen molar-refractivity contribution >= 4 is 44.2 Å². The molecule has 1 aliphatic heterocycles. The van der Waals surface area contributed by atoms with Crippen molar-refractivity contribution in [1.82, 2.24) is 10.3 Å². The fourth-order valence-electron chi connectivity index (χ4n) is 3.59. The summed E-state index contributed by atoms with van der Waals surface area (Å²) >= 11 is 1.62. The first kappa shape index (κ1) is 23.0. The number of morpholine rings is 1. The van der Waals surface area contributed by atoms with Gasteiger partial charge >= 0.3 is 0 Å². The largest absolute Gasteiger partial charge is 0.493 e. The van der Waals surface area contributed by atoms with Crippen LogP contribution in [0.25, 0.3) is 10.2 Å². The Kier molecular flexibility index (Phi) is 7.74. The lowest BCUT2D eigenvalue weighted by molar-refractivity contribution is -0.116. The van der Waals surface area contributed by atoms with Crippen LogP contribution >= 0.6 is 11.3 Å². The molecule has 0 unspecified atom stereocenters. The van der Waals surface area contributed by atoms with Crippen LogP contribution in [0.3, 0.4) is 0 Å². The number of aromatic nitrogens is 1. The predicted octanol–water partition coefficient (Wildman–Crippen LogP) is 3.68. The van der Waals surface area contributed by atoms with Crippen LogP contribution in [0.5, 0.6) is 5.75 Å². The molecule has 1 saturated heterocycles. The van der Waals surface area contributed by atoms with Gasteiger partial charge in [0.25, 0.3) is 5.91 Å². The van der Waals surface area contributed by atoms with Gasteiger partial charge < -0.3 is 25.0 Å². The molecule has 33 heavy (non-hydrogen) atoms. The number of hydrogen-bond acceptors (Lipinski definition) is 7. The predicted molar refractivity (Wildman–Crippen MR) is 130 cm³/mol. The average molecular weight is 469 g/mol. The van der Waals surface area contributed by atoms with E-state index in [0.717, 1.165) is 47.3 Å². The standard InChI is InChI=1S/C24H28N4O4S/c1-2-32-20-7-4-3-6-18(20)23(30)25-11-5-8-22(29)26-17-9-10-19-21(16-17)33-24(27-19)28-12-14-31-15-13-28/h3-4,6-7,9-10,16H,2,5,8,11-15H2,1H3,(H,25,30)(H,26,29). The first-order chi connectivity index (χ1) is 16.1. The van der Waals surface area contributed by atoms with E-state index in [2.05, 4.69) is 15.5 Å². The monoisotopic (exact) mass is 468 g/mol. The van der Waals surface area contributed by atoms with Crippen molar-refractivity contribution in [2.45, 2.75) is 19.8 Å². The maximum Gasteiger partial charge on any atom is 0.255 e. The number of thiazole rings is 1. The van der Waals surface area contributed by atoms with Crippen molar-refractivity contribution in [1.29, 1.82) is 0 Å². The van der Waals surface area contributed by atoms with Gasteiger partial charge in [0.15, 0.2) is 5.13 Å². The second-order valence-electron chi connectivity index (χ2n) is 7.62. The highest BCUT2D eigenvalue weighted by molar-refractivity contribution is 7.22. The van der Waals surface area contributed by atoms with Crippen LogP contribution in [0.15, 0.2) is 42.5 Å². The van der Waals surface area contributed by atoms with Gasteiger partial charge in [-0.1, -0.05) is 23.5 Å². The Morgan fingerprint density at radius 2 is 2.00 bits per heavy atom. The zero-order valence-electron chi connectivity index (χ0n) is 18.6. The van der Waals surface area contributed by atoms with E-state index in [1.807, 2.05) is 31.2 Å². The summed E-state index contributed by atoms with van der Waals surface area (Å²) in [6.07, 6.45) is 0.853. The second kappa shape index (κ2) is 11.1. The normalized spacial score (nSPS) is 13.7. The highest BCUT2D eigenvalue weighted by atomic mass is 32.1. The third kappa shape index (κ3) is 6.00. The van der Waals surface area contributed by atoms with E-state index in [0.29, 0.717) is 37.3 Å². The number of rotatable bonds is 9. The van der Waals surface area contributed by atoms with Crippen LogP contribution in [0.2, 0.25) is 0 Å². The molecule has 0 atom stereocenters. The number of nitrogens with zero attached hydrogens (tertiary/aromatic N) is 2. The Balaban J connectivity index is 1.25. The Morgan fingerprint density at radius 1 is 1.18 bits per heavy atom. The maximum absolute atomic E-state index is 12.4. The number of anilines is 2. The molecule has 4 rings (SSSR count). The van der Waals surface area contributed by atoms with E-state index in [4.69, 9.17) is 14.5 Å². The van der Waals surface area contributed by atoms with Crippen LogP contribution in [0, 0.1) is 0 Å². The molecule has 0 radical (unpaired) electrons. The van der Waals surface area contributed by atoms with E-state index >= 15 is 0 Å². The molecule has 1 aromatic heterocycles. The number of carbonyl (C=O) groups is 2. The lowest BCUT2D eigenvalue weighted by Crippen LogP contribution is -2.36. The van der Waals surface area contributed by atoms with Crippen molar-refractivity contribution < 1.29 is 19.1 Å². The first-order valence-corrected chi connectivity index (χ1v) is 12.0. The zero-order valence-corrected chi connectivity index (χ0v) is 19.5. The average Bonchev–Trinajstić information content (AvgIpc) is 3.26. The van der Waals surface area contributed by atoms with Crippen LogP contribution in [0.1, 0.15) is 30.1 Å². The minimum absolute atomic E-state index is 0.0868. The van der Waals surface area contributed by atoms with E-state index in [1.165, 1.54) is 0 Å². The van der Waals surface area contributed by atoms with E-state index in [-0.39, 0.29) is 11.8 Å². The van der Waals surface area contributed by atoms with Gasteiger partial charge in [0.2, 0.25) is 5.91 Å². The highest BCUT2D eigenvalue weighted by Crippen LogP contribution is 2.31. The lowest BCUT2D eigenvalue weighted by atomic mass is 10.2. The molecule has 2 N–H and O–H groups in total. The summed E-state index contributed by atoms with van der Waals surface area (Å²) in [6.45, 7) is 5.90. The van der Waals surface area contributed by atoms with E-state index in [1.54, 1.807) is 29.5 Å². The van der Waals surface area contributed by atoms with Crippen molar-refractivity contribution in [2.75, 3.05) is 49.7 Å². The topological polar surface area (TPSA) is 92.8 Å². The molecule has 2 aromatic carbocycles. The molecular weight excluding hydrogens is 440 g/mol. The smallest absolute Gasteiger partial charge is 0.255 e. The molecule has 0 saturated carbocycles. The van der Waals surface area contributed by atoms with Crippen molar-refractivity contribution in [3.05, 3.63) is 48.0 Å². The number of fused-ring (bicyclic) bond motifs is 1. The van der Waals surface area contributed by atoms with Gasteiger partial charge in [0, 0.05) is 31.7 Å². The van der Waals surface area contributed by atoms with Gasteiger partial charge in [0.1, 0.15) is 5.75 Å². The van der Waals surface area contributed by atoms with Crippen LogP contribution in [-0.4, -0.2) is 56.3 Å². The summed E-state index contributed by atoms with van der Waals surface area (Å²) in [4.78, 5) is 31.7. The molecule has 2 amide bonds. The molecule has 8 nitrogen and oxygen atoms in total. The minimum atomic E-state index is -0.203. The van der Waals surface area contributed by atoms with Gasteiger partial charge in [-0.25, -0.2) is 4.98 Å². The number of para-hydroxylation sites is 1. The Bertz CT molecular complexity index is 1110. The fourth-order valence-corrected chi connectivity index (χ4v) is 4.64.